The molecule has 0 radical (unpaired) electrons. The van der Waals surface area contributed by atoms with Crippen molar-refractivity contribution in [3.8, 4) is 0 Å². The highest BCUT2D eigenvalue weighted by atomic mass is 35.5. The summed E-state index contributed by atoms with van der Waals surface area (Å²) in [4.78, 5) is 16.1. The van der Waals surface area contributed by atoms with Crippen LogP contribution in [-0.4, -0.2) is 11.0 Å². The highest BCUT2D eigenvalue weighted by Gasteiger charge is 2.19. The summed E-state index contributed by atoms with van der Waals surface area (Å²) in [6.07, 6.45) is 1.72. The van der Waals surface area contributed by atoms with Gasteiger partial charge in [-0.05, 0) is 35.4 Å². The molecule has 6 heteroatoms. The second kappa shape index (κ2) is 6.64. The molecule has 5 nitrogen and oxygen atoms in total. The fourth-order valence-corrected chi connectivity index (χ4v) is 2.77. The molecule has 1 aromatic heterocycles. The van der Waals surface area contributed by atoms with E-state index in [1.807, 2.05) is 48.5 Å². The molecule has 1 unspecified atom stereocenters. The fraction of sp³-hybridized carbons (Fsp3) is 0.0588. The van der Waals surface area contributed by atoms with Gasteiger partial charge in [-0.1, -0.05) is 41.9 Å². The molecule has 1 heterocycles. The number of para-hydroxylation sites is 1. The SMILES string of the molecule is NNC(=O)NC(c1cccc(Cl)c1)c1ccnc2ccccc12. The smallest absolute Gasteiger partial charge is 0.326 e. The van der Waals surface area contributed by atoms with Crippen LogP contribution < -0.4 is 16.6 Å². The van der Waals surface area contributed by atoms with Crippen LogP contribution in [0.3, 0.4) is 0 Å². The third kappa shape index (κ3) is 3.26. The number of fused-ring (bicyclic) bond motifs is 1. The summed E-state index contributed by atoms with van der Waals surface area (Å²) in [6, 6.07) is 16.1. The third-order valence-corrected chi connectivity index (χ3v) is 3.82. The van der Waals surface area contributed by atoms with Gasteiger partial charge < -0.3 is 5.32 Å². The molecule has 4 N–H and O–H groups in total. The predicted molar refractivity (Wildman–Crippen MR) is 90.9 cm³/mol. The van der Waals surface area contributed by atoms with Gasteiger partial charge >= 0.3 is 6.03 Å². The molecule has 116 valence electrons. The second-order valence-corrected chi connectivity index (χ2v) is 5.46. The van der Waals surface area contributed by atoms with Crippen molar-refractivity contribution in [3.63, 3.8) is 0 Å². The number of urea groups is 1. The summed E-state index contributed by atoms with van der Waals surface area (Å²) in [5, 5.41) is 4.41. The van der Waals surface area contributed by atoms with E-state index in [1.54, 1.807) is 12.3 Å². The van der Waals surface area contributed by atoms with Gasteiger partial charge in [0.25, 0.3) is 0 Å². The molecule has 1 atom stereocenters. The molecule has 2 amide bonds. The van der Waals surface area contributed by atoms with Crippen LogP contribution in [0.15, 0.2) is 60.8 Å². The highest BCUT2D eigenvalue weighted by Crippen LogP contribution is 2.29. The van der Waals surface area contributed by atoms with Crippen molar-refractivity contribution >= 4 is 28.5 Å². The summed E-state index contributed by atoms with van der Waals surface area (Å²) in [7, 11) is 0. The van der Waals surface area contributed by atoms with Crippen molar-refractivity contribution in [2.24, 2.45) is 5.84 Å². The van der Waals surface area contributed by atoms with Crippen LogP contribution in [0.25, 0.3) is 10.9 Å². The number of amides is 2. The number of benzene rings is 2. The maximum absolute atomic E-state index is 11.8. The quantitative estimate of drug-likeness (QED) is 0.393. The molecule has 0 bridgehead atoms. The first-order valence-electron chi connectivity index (χ1n) is 7.05. The molecule has 0 aliphatic carbocycles. The van der Waals surface area contributed by atoms with Gasteiger partial charge in [0, 0.05) is 16.6 Å². The molecule has 23 heavy (non-hydrogen) atoms. The van der Waals surface area contributed by atoms with Crippen LogP contribution in [0.1, 0.15) is 17.2 Å². The van der Waals surface area contributed by atoms with Crippen LogP contribution in [0, 0.1) is 0 Å². The van der Waals surface area contributed by atoms with Gasteiger partial charge in [0.05, 0.1) is 11.6 Å². The van der Waals surface area contributed by atoms with Crippen LogP contribution >= 0.6 is 11.6 Å². The Morgan fingerprint density at radius 1 is 1.13 bits per heavy atom. The Morgan fingerprint density at radius 2 is 1.96 bits per heavy atom. The normalized spacial score (nSPS) is 11.9. The topological polar surface area (TPSA) is 80.0 Å². The minimum Gasteiger partial charge on any atom is -0.326 e. The Labute approximate surface area is 138 Å². The lowest BCUT2D eigenvalue weighted by atomic mass is 9.96. The van der Waals surface area contributed by atoms with Gasteiger partial charge in [-0.3, -0.25) is 10.4 Å². The Bertz CT molecular complexity index is 847. The maximum atomic E-state index is 11.8. The van der Waals surface area contributed by atoms with Gasteiger partial charge in [-0.2, -0.15) is 0 Å². The number of nitrogens with one attached hydrogen (secondary N) is 2. The number of halogens is 1. The number of pyridine rings is 1. The van der Waals surface area contributed by atoms with E-state index in [-0.39, 0.29) is 0 Å². The summed E-state index contributed by atoms with van der Waals surface area (Å²) < 4.78 is 0. The fourth-order valence-electron chi connectivity index (χ4n) is 2.57. The Balaban J connectivity index is 2.15. The van der Waals surface area contributed by atoms with Gasteiger partial charge in [-0.25, -0.2) is 10.6 Å². The first kappa shape index (κ1) is 15.3. The Kier molecular flexibility index (Phi) is 4.41. The summed E-state index contributed by atoms with van der Waals surface area (Å²) in [5.41, 5.74) is 4.73. The lowest BCUT2D eigenvalue weighted by molar-refractivity contribution is 0.239. The minimum atomic E-state index is -0.476. The van der Waals surface area contributed by atoms with E-state index in [0.29, 0.717) is 5.02 Å². The largest absolute Gasteiger partial charge is 0.329 e. The van der Waals surface area contributed by atoms with Crippen molar-refractivity contribution in [2.45, 2.75) is 6.04 Å². The number of hydrazine groups is 1. The van der Waals surface area contributed by atoms with Crippen molar-refractivity contribution < 1.29 is 4.79 Å². The highest BCUT2D eigenvalue weighted by molar-refractivity contribution is 6.30. The molecule has 0 saturated heterocycles. The van der Waals surface area contributed by atoms with Crippen LogP contribution in [0.4, 0.5) is 4.79 Å². The van der Waals surface area contributed by atoms with Crippen LogP contribution in [0.2, 0.25) is 5.02 Å². The number of rotatable bonds is 3. The summed E-state index contributed by atoms with van der Waals surface area (Å²) in [6.45, 7) is 0. The predicted octanol–water partition coefficient (Wildman–Crippen LogP) is 3.15. The Hall–Kier alpha value is -2.63. The van der Waals surface area contributed by atoms with Crippen molar-refractivity contribution in [3.05, 3.63) is 76.9 Å². The zero-order chi connectivity index (χ0) is 16.2. The number of hydrogen-bond donors (Lipinski definition) is 3. The zero-order valence-corrected chi connectivity index (χ0v) is 12.9. The third-order valence-electron chi connectivity index (χ3n) is 3.58. The van der Waals surface area contributed by atoms with Crippen LogP contribution in [-0.2, 0) is 0 Å². The molecule has 0 spiro atoms. The molecule has 0 aliphatic heterocycles. The average Bonchev–Trinajstić information content (AvgIpc) is 2.59. The average molecular weight is 327 g/mol. The molecule has 3 aromatic rings. The van der Waals surface area contributed by atoms with Crippen molar-refractivity contribution in [1.82, 2.24) is 15.7 Å². The van der Waals surface area contributed by atoms with Crippen molar-refractivity contribution in [2.75, 3.05) is 0 Å². The zero-order valence-electron chi connectivity index (χ0n) is 12.2. The standard InChI is InChI=1S/C17H15ClN4O/c18-12-5-3-4-11(10-12)16(21-17(23)22-19)14-8-9-20-15-7-2-1-6-13(14)15/h1-10,16H,19H2,(H2,21,22,23). The number of nitrogens with two attached hydrogens (primary N) is 1. The number of aromatic nitrogens is 1. The first-order valence-corrected chi connectivity index (χ1v) is 7.43. The molecular weight excluding hydrogens is 312 g/mol. The van der Waals surface area contributed by atoms with Gasteiger partial charge in [0.15, 0.2) is 0 Å². The van der Waals surface area contributed by atoms with E-state index in [9.17, 15) is 4.79 Å². The molecular formula is C17H15ClN4O. The number of hydrogen-bond acceptors (Lipinski definition) is 3. The monoisotopic (exact) mass is 326 g/mol. The molecule has 0 saturated carbocycles. The van der Waals surface area contributed by atoms with E-state index in [2.05, 4.69) is 15.7 Å². The second-order valence-electron chi connectivity index (χ2n) is 5.02. The number of carbonyl (C=O) groups excluding carboxylic acids is 1. The number of nitrogens with zero attached hydrogens (tertiary/aromatic N) is 1. The Morgan fingerprint density at radius 3 is 2.74 bits per heavy atom. The van der Waals surface area contributed by atoms with Gasteiger partial charge in [0.2, 0.25) is 0 Å². The van der Waals surface area contributed by atoms with Gasteiger partial charge in [0.1, 0.15) is 0 Å². The van der Waals surface area contributed by atoms with E-state index < -0.39 is 12.1 Å². The van der Waals surface area contributed by atoms with E-state index in [0.717, 1.165) is 22.0 Å². The number of carbonyl (C=O) groups is 1. The summed E-state index contributed by atoms with van der Waals surface area (Å²) >= 11 is 6.10. The van der Waals surface area contributed by atoms with Gasteiger partial charge in [-0.15, -0.1) is 0 Å². The molecule has 2 aromatic carbocycles. The molecule has 0 aliphatic rings. The molecule has 3 rings (SSSR count). The maximum Gasteiger partial charge on any atom is 0.329 e. The van der Waals surface area contributed by atoms with Crippen molar-refractivity contribution in [1.29, 1.82) is 0 Å². The lowest BCUT2D eigenvalue weighted by Crippen LogP contribution is -2.42. The van der Waals surface area contributed by atoms with E-state index in [4.69, 9.17) is 17.4 Å². The molecule has 0 fully saturated rings. The lowest BCUT2D eigenvalue weighted by Gasteiger charge is -2.21. The van der Waals surface area contributed by atoms with Crippen LogP contribution in [0.5, 0.6) is 0 Å². The summed E-state index contributed by atoms with van der Waals surface area (Å²) in [5.74, 6) is 5.22. The van der Waals surface area contributed by atoms with E-state index >= 15 is 0 Å². The minimum absolute atomic E-state index is 0.398. The first-order chi connectivity index (χ1) is 11.2. The van der Waals surface area contributed by atoms with E-state index in [1.165, 1.54) is 0 Å².